The number of aromatic nitrogens is 1. The molecule has 0 aliphatic heterocycles. The highest BCUT2D eigenvalue weighted by atomic mass is 16.6. The van der Waals surface area contributed by atoms with Gasteiger partial charge < -0.3 is 26.5 Å². The summed E-state index contributed by atoms with van der Waals surface area (Å²) in [4.78, 5) is 38.1. The highest BCUT2D eigenvalue weighted by Gasteiger charge is 2.19. The van der Waals surface area contributed by atoms with Gasteiger partial charge in [-0.2, -0.15) is 0 Å². The molecule has 1 atom stereocenters. The van der Waals surface area contributed by atoms with Crippen LogP contribution in [0.15, 0.2) is 42.5 Å². The van der Waals surface area contributed by atoms with Crippen LogP contribution in [0.4, 0.5) is 15.4 Å². The lowest BCUT2D eigenvalue weighted by molar-refractivity contribution is 0.0507. The lowest BCUT2D eigenvalue weighted by Crippen LogP contribution is -2.34. The number of aromatic amines is 1. The second-order valence-electron chi connectivity index (χ2n) is 8.48. The van der Waals surface area contributed by atoms with Gasteiger partial charge >= 0.3 is 12.1 Å². The number of H-pyrrole nitrogens is 1. The Hall–Kier alpha value is -4.01. The second-order valence-corrected chi connectivity index (χ2v) is 8.48. The Morgan fingerprint density at radius 2 is 1.62 bits per heavy atom. The normalized spacial score (nSPS) is 12.2. The number of urea groups is 1. The molecule has 0 fully saturated rings. The molecule has 1 aromatic heterocycles. The van der Waals surface area contributed by atoms with E-state index in [1.807, 2.05) is 64.1 Å². The summed E-state index contributed by atoms with van der Waals surface area (Å²) in [5.41, 5.74) is 13.6. The van der Waals surface area contributed by atoms with Crippen molar-refractivity contribution in [3.05, 3.63) is 53.6 Å². The van der Waals surface area contributed by atoms with Crippen LogP contribution in [0.2, 0.25) is 0 Å². The van der Waals surface area contributed by atoms with Gasteiger partial charge in [-0.1, -0.05) is 36.4 Å². The van der Waals surface area contributed by atoms with Gasteiger partial charge in [0.2, 0.25) is 0 Å². The standard InChI is InChI=1S/C23H27N5O4/c1-12(26-22(31)32-23(2,3)4)13-5-7-14(8-6-13)15-9-10-16-17(11-15)27-20(28-21(25)30)18(16)19(24)29/h5-12,27H,1-4H3,(H2,24,29)(H,26,31)(H3,25,28,30). The van der Waals surface area contributed by atoms with Crippen LogP contribution < -0.4 is 22.1 Å². The van der Waals surface area contributed by atoms with Gasteiger partial charge in [-0.3, -0.25) is 10.1 Å². The predicted molar refractivity (Wildman–Crippen MR) is 123 cm³/mol. The van der Waals surface area contributed by atoms with E-state index in [1.165, 1.54) is 0 Å². The number of carbonyl (C=O) groups excluding carboxylic acids is 3. The molecule has 32 heavy (non-hydrogen) atoms. The quantitative estimate of drug-likeness (QED) is 0.409. The van der Waals surface area contributed by atoms with E-state index < -0.39 is 23.6 Å². The number of alkyl carbamates (subject to hydrolysis) is 1. The zero-order valence-corrected chi connectivity index (χ0v) is 18.4. The number of amides is 4. The third-order valence-corrected chi connectivity index (χ3v) is 4.77. The van der Waals surface area contributed by atoms with Crippen molar-refractivity contribution in [2.75, 3.05) is 5.32 Å². The van der Waals surface area contributed by atoms with Gasteiger partial charge in [0.05, 0.1) is 11.6 Å². The lowest BCUT2D eigenvalue weighted by Gasteiger charge is -2.22. The van der Waals surface area contributed by atoms with Crippen molar-refractivity contribution < 1.29 is 19.1 Å². The molecule has 4 amide bonds. The van der Waals surface area contributed by atoms with Crippen LogP contribution in [0.3, 0.4) is 0 Å². The SMILES string of the molecule is CC(NC(=O)OC(C)(C)C)c1ccc(-c2ccc3c(C(N)=O)c(NC(N)=O)[nH]c3c2)cc1. The first-order chi connectivity index (χ1) is 14.9. The topological polar surface area (TPSA) is 152 Å². The molecule has 0 radical (unpaired) electrons. The molecule has 9 nitrogen and oxygen atoms in total. The molecule has 168 valence electrons. The number of nitrogens with two attached hydrogens (primary N) is 2. The summed E-state index contributed by atoms with van der Waals surface area (Å²) >= 11 is 0. The molecule has 0 aliphatic carbocycles. The maximum atomic E-state index is 12.0. The van der Waals surface area contributed by atoms with Crippen LogP contribution in [0.1, 0.15) is 49.7 Å². The number of benzene rings is 2. The fourth-order valence-electron chi connectivity index (χ4n) is 3.38. The average Bonchev–Trinajstić information content (AvgIpc) is 3.02. The highest BCUT2D eigenvalue weighted by molar-refractivity contribution is 6.13. The largest absolute Gasteiger partial charge is 0.444 e. The van der Waals surface area contributed by atoms with Crippen molar-refractivity contribution in [2.24, 2.45) is 11.5 Å². The first-order valence-corrected chi connectivity index (χ1v) is 10.1. The fourth-order valence-corrected chi connectivity index (χ4v) is 3.38. The zero-order chi connectivity index (χ0) is 23.6. The Balaban J connectivity index is 1.84. The summed E-state index contributed by atoms with van der Waals surface area (Å²) in [5, 5.41) is 5.79. The molecular formula is C23H27N5O4. The van der Waals surface area contributed by atoms with E-state index in [-0.39, 0.29) is 17.4 Å². The summed E-state index contributed by atoms with van der Waals surface area (Å²) in [6.07, 6.45) is -0.475. The molecule has 3 rings (SSSR count). The van der Waals surface area contributed by atoms with Gasteiger partial charge in [-0.15, -0.1) is 0 Å². The molecule has 3 aromatic rings. The first-order valence-electron chi connectivity index (χ1n) is 10.1. The fraction of sp³-hybridized carbons (Fsp3) is 0.261. The summed E-state index contributed by atoms with van der Waals surface area (Å²) in [6.45, 7) is 7.31. The van der Waals surface area contributed by atoms with Crippen molar-refractivity contribution in [1.29, 1.82) is 0 Å². The van der Waals surface area contributed by atoms with E-state index >= 15 is 0 Å². The number of primary amides is 2. The van der Waals surface area contributed by atoms with Crippen LogP contribution in [0, 0.1) is 0 Å². The van der Waals surface area contributed by atoms with Crippen LogP contribution in [0.25, 0.3) is 22.0 Å². The van der Waals surface area contributed by atoms with Gasteiger partial charge in [0.15, 0.2) is 0 Å². The number of hydrogen-bond acceptors (Lipinski definition) is 4. The Morgan fingerprint density at radius 3 is 2.19 bits per heavy atom. The van der Waals surface area contributed by atoms with Crippen molar-refractivity contribution in [3.8, 4) is 11.1 Å². The van der Waals surface area contributed by atoms with Crippen molar-refractivity contribution >= 4 is 34.8 Å². The van der Waals surface area contributed by atoms with Crippen LogP contribution >= 0.6 is 0 Å². The van der Waals surface area contributed by atoms with Gasteiger partial charge in [0, 0.05) is 10.9 Å². The smallest absolute Gasteiger partial charge is 0.408 e. The second kappa shape index (κ2) is 8.62. The van der Waals surface area contributed by atoms with Gasteiger partial charge in [-0.05, 0) is 50.5 Å². The number of anilines is 1. The molecular weight excluding hydrogens is 410 g/mol. The van der Waals surface area contributed by atoms with Gasteiger partial charge in [0.1, 0.15) is 11.4 Å². The molecule has 2 aromatic carbocycles. The van der Waals surface area contributed by atoms with E-state index in [0.717, 1.165) is 16.7 Å². The van der Waals surface area contributed by atoms with E-state index in [2.05, 4.69) is 15.6 Å². The third kappa shape index (κ3) is 5.18. The summed E-state index contributed by atoms with van der Waals surface area (Å²) in [5.74, 6) is -0.516. The number of nitrogens with one attached hydrogen (secondary N) is 3. The summed E-state index contributed by atoms with van der Waals surface area (Å²) in [7, 11) is 0. The third-order valence-electron chi connectivity index (χ3n) is 4.77. The van der Waals surface area contributed by atoms with E-state index in [1.54, 1.807) is 6.07 Å². The number of hydrogen-bond donors (Lipinski definition) is 5. The summed E-state index contributed by atoms with van der Waals surface area (Å²) < 4.78 is 5.30. The Kier molecular flexibility index (Phi) is 6.11. The number of carbonyl (C=O) groups is 3. The molecule has 0 saturated heterocycles. The van der Waals surface area contributed by atoms with Crippen LogP contribution in [-0.2, 0) is 4.74 Å². The zero-order valence-electron chi connectivity index (χ0n) is 18.4. The molecule has 1 unspecified atom stereocenters. The Labute approximate surface area is 185 Å². The molecule has 9 heteroatoms. The Morgan fingerprint density at radius 1 is 1.00 bits per heavy atom. The minimum atomic E-state index is -0.802. The maximum Gasteiger partial charge on any atom is 0.408 e. The first kappa shape index (κ1) is 22.7. The monoisotopic (exact) mass is 437 g/mol. The number of ether oxygens (including phenoxy) is 1. The van der Waals surface area contributed by atoms with Gasteiger partial charge in [0.25, 0.3) is 5.91 Å². The minimum absolute atomic E-state index is 0.162. The molecule has 7 N–H and O–H groups in total. The van der Waals surface area contributed by atoms with Crippen LogP contribution in [-0.4, -0.2) is 28.6 Å². The minimum Gasteiger partial charge on any atom is -0.444 e. The average molecular weight is 438 g/mol. The molecule has 0 spiro atoms. The number of fused-ring (bicyclic) bond motifs is 1. The number of rotatable bonds is 5. The van der Waals surface area contributed by atoms with Crippen LogP contribution in [0.5, 0.6) is 0 Å². The van der Waals surface area contributed by atoms with E-state index in [9.17, 15) is 14.4 Å². The molecule has 0 saturated carbocycles. The molecule has 0 aliphatic rings. The molecule has 0 bridgehead atoms. The van der Waals surface area contributed by atoms with Crippen molar-refractivity contribution in [2.45, 2.75) is 39.3 Å². The summed E-state index contributed by atoms with van der Waals surface area (Å²) in [6, 6.07) is 12.1. The van der Waals surface area contributed by atoms with E-state index in [4.69, 9.17) is 16.2 Å². The molecule has 1 heterocycles. The maximum absolute atomic E-state index is 12.0. The Bertz CT molecular complexity index is 1180. The van der Waals surface area contributed by atoms with Crippen molar-refractivity contribution in [3.63, 3.8) is 0 Å². The predicted octanol–water partition coefficient (Wildman–Crippen LogP) is 4.01. The van der Waals surface area contributed by atoms with E-state index in [0.29, 0.717) is 10.9 Å². The van der Waals surface area contributed by atoms with Gasteiger partial charge in [-0.25, -0.2) is 9.59 Å². The highest BCUT2D eigenvalue weighted by Crippen LogP contribution is 2.31. The van der Waals surface area contributed by atoms with Crippen molar-refractivity contribution in [1.82, 2.24) is 10.3 Å². The lowest BCUT2D eigenvalue weighted by atomic mass is 10.00.